The molecule has 0 aliphatic heterocycles. The molecule has 3 aromatic rings. The third kappa shape index (κ3) is 5.01. The van der Waals surface area contributed by atoms with Crippen LogP contribution >= 0.6 is 0 Å². The third-order valence-electron chi connectivity index (χ3n) is 4.46. The van der Waals surface area contributed by atoms with Crippen molar-refractivity contribution in [2.75, 3.05) is 7.05 Å². The van der Waals surface area contributed by atoms with Gasteiger partial charge in [0.15, 0.2) is 5.82 Å². The van der Waals surface area contributed by atoms with Gasteiger partial charge in [0, 0.05) is 43.0 Å². The van der Waals surface area contributed by atoms with E-state index in [-0.39, 0.29) is 34.0 Å². The lowest BCUT2D eigenvalue weighted by atomic mass is 10.1. The average Bonchev–Trinajstić information content (AvgIpc) is 3.09. The maximum absolute atomic E-state index is 15.7. The SMILES string of the molecule is CN(Cc1cn(S(=O)(=O)c2cccnc2)c(-c2cccnc2C#N)c1F)C(=O)OC(C)(C)C. The number of carbonyl (C=O) groups excluding carboxylic acids is 1. The zero-order valence-electron chi connectivity index (χ0n) is 18.5. The van der Waals surface area contributed by atoms with E-state index in [9.17, 15) is 18.5 Å². The van der Waals surface area contributed by atoms with E-state index in [1.165, 1.54) is 43.7 Å². The molecule has 0 aliphatic rings. The number of hydrogen-bond donors (Lipinski definition) is 0. The molecule has 0 saturated carbocycles. The predicted molar refractivity (Wildman–Crippen MR) is 117 cm³/mol. The Hall–Kier alpha value is -3.78. The number of ether oxygens (including phenoxy) is 1. The van der Waals surface area contributed by atoms with Gasteiger partial charge in [-0.2, -0.15) is 5.26 Å². The van der Waals surface area contributed by atoms with E-state index in [1.54, 1.807) is 20.8 Å². The lowest BCUT2D eigenvalue weighted by molar-refractivity contribution is 0.0284. The van der Waals surface area contributed by atoms with Gasteiger partial charge < -0.3 is 9.64 Å². The summed E-state index contributed by atoms with van der Waals surface area (Å²) in [7, 11) is -2.88. The molecule has 0 bridgehead atoms. The van der Waals surface area contributed by atoms with Crippen molar-refractivity contribution in [3.8, 4) is 17.3 Å². The van der Waals surface area contributed by atoms with E-state index >= 15 is 4.39 Å². The molecule has 0 spiro atoms. The lowest BCUT2D eigenvalue weighted by Crippen LogP contribution is -2.33. The first-order chi connectivity index (χ1) is 15.5. The first-order valence-corrected chi connectivity index (χ1v) is 11.2. The fraction of sp³-hybridized carbons (Fsp3) is 0.273. The lowest BCUT2D eigenvalue weighted by Gasteiger charge is -2.24. The summed E-state index contributed by atoms with van der Waals surface area (Å²) in [5.41, 5.74) is -1.36. The van der Waals surface area contributed by atoms with Crippen molar-refractivity contribution in [2.24, 2.45) is 0 Å². The first kappa shape index (κ1) is 23.9. The highest BCUT2D eigenvalue weighted by molar-refractivity contribution is 7.90. The highest BCUT2D eigenvalue weighted by Crippen LogP contribution is 2.32. The fourth-order valence-corrected chi connectivity index (χ4v) is 4.36. The quantitative estimate of drug-likeness (QED) is 0.558. The summed E-state index contributed by atoms with van der Waals surface area (Å²) in [6, 6.07) is 7.49. The minimum Gasteiger partial charge on any atom is -0.444 e. The predicted octanol–water partition coefficient (Wildman–Crippen LogP) is 3.56. The smallest absolute Gasteiger partial charge is 0.410 e. The molecule has 0 radical (unpaired) electrons. The Bertz CT molecular complexity index is 1330. The van der Waals surface area contributed by atoms with Gasteiger partial charge in [0.1, 0.15) is 28.0 Å². The van der Waals surface area contributed by atoms with Gasteiger partial charge in [0.2, 0.25) is 0 Å². The normalized spacial score (nSPS) is 11.6. The molecule has 0 N–H and O–H groups in total. The van der Waals surface area contributed by atoms with Crippen molar-refractivity contribution in [2.45, 2.75) is 37.8 Å². The number of pyridine rings is 2. The van der Waals surface area contributed by atoms with Crippen LogP contribution in [0.4, 0.5) is 9.18 Å². The average molecular weight is 472 g/mol. The summed E-state index contributed by atoms with van der Waals surface area (Å²) >= 11 is 0. The van der Waals surface area contributed by atoms with Crippen molar-refractivity contribution in [1.82, 2.24) is 18.8 Å². The van der Waals surface area contributed by atoms with Crippen LogP contribution < -0.4 is 0 Å². The maximum Gasteiger partial charge on any atom is 0.410 e. The second kappa shape index (κ2) is 8.99. The number of rotatable bonds is 5. The zero-order chi connectivity index (χ0) is 24.4. The molecular formula is C22H22FN5O4S. The molecule has 0 atom stereocenters. The summed E-state index contributed by atoms with van der Waals surface area (Å²) < 4.78 is 48.4. The van der Waals surface area contributed by atoms with E-state index in [0.717, 1.165) is 21.3 Å². The first-order valence-electron chi connectivity index (χ1n) is 9.80. The van der Waals surface area contributed by atoms with E-state index in [1.807, 2.05) is 6.07 Å². The minimum absolute atomic E-state index is 0.00358. The molecule has 0 saturated heterocycles. The van der Waals surface area contributed by atoms with Crippen molar-refractivity contribution < 1.29 is 22.3 Å². The monoisotopic (exact) mass is 471 g/mol. The van der Waals surface area contributed by atoms with Crippen LogP contribution in [-0.2, 0) is 21.3 Å². The summed E-state index contributed by atoms with van der Waals surface area (Å²) in [4.78, 5) is 21.1. The van der Waals surface area contributed by atoms with E-state index < -0.39 is 27.5 Å². The Morgan fingerprint density at radius 3 is 2.58 bits per heavy atom. The molecule has 0 aromatic carbocycles. The van der Waals surface area contributed by atoms with Crippen LogP contribution in [0.2, 0.25) is 0 Å². The van der Waals surface area contributed by atoms with Crippen molar-refractivity contribution in [3.05, 3.63) is 66.1 Å². The number of carbonyl (C=O) groups is 1. The van der Waals surface area contributed by atoms with Gasteiger partial charge in [-0.05, 0) is 45.0 Å². The second-order valence-corrected chi connectivity index (χ2v) is 9.97. The highest BCUT2D eigenvalue weighted by atomic mass is 32.2. The van der Waals surface area contributed by atoms with Crippen LogP contribution in [0.5, 0.6) is 0 Å². The van der Waals surface area contributed by atoms with Crippen LogP contribution in [-0.4, -0.2) is 46.0 Å². The maximum atomic E-state index is 15.7. The van der Waals surface area contributed by atoms with Crippen LogP contribution in [0.3, 0.4) is 0 Å². The molecule has 9 nitrogen and oxygen atoms in total. The number of nitriles is 1. The molecule has 3 rings (SSSR count). The summed E-state index contributed by atoms with van der Waals surface area (Å²) in [5, 5.41) is 9.44. The van der Waals surface area contributed by atoms with Gasteiger partial charge in [-0.1, -0.05) is 0 Å². The number of halogens is 1. The Balaban J connectivity index is 2.17. The summed E-state index contributed by atoms with van der Waals surface area (Å²) in [5.74, 6) is -0.901. The van der Waals surface area contributed by atoms with Gasteiger partial charge in [-0.25, -0.2) is 26.6 Å². The Morgan fingerprint density at radius 2 is 1.97 bits per heavy atom. The molecule has 1 amide bonds. The van der Waals surface area contributed by atoms with E-state index in [4.69, 9.17) is 4.74 Å². The topological polar surface area (TPSA) is 118 Å². The molecule has 3 aromatic heterocycles. The van der Waals surface area contributed by atoms with Gasteiger partial charge >= 0.3 is 6.09 Å². The standard InChI is InChI=1S/C22H22FN5O4S/c1-22(2,3)32-21(29)27(4)13-15-14-28(33(30,31)16-7-5-9-25-12-16)20(19(15)23)17-8-6-10-26-18(17)11-24/h5-10,12,14H,13H2,1-4H3. The Labute approximate surface area is 191 Å². The second-order valence-electron chi connectivity index (χ2n) is 8.15. The molecule has 0 fully saturated rings. The van der Waals surface area contributed by atoms with Crippen LogP contribution in [0.15, 0.2) is 53.9 Å². The zero-order valence-corrected chi connectivity index (χ0v) is 19.3. The molecule has 172 valence electrons. The van der Waals surface area contributed by atoms with Crippen LogP contribution in [0.1, 0.15) is 32.0 Å². The Kier molecular flexibility index (Phi) is 6.51. The molecule has 0 unspecified atom stereocenters. The largest absolute Gasteiger partial charge is 0.444 e. The molecule has 3 heterocycles. The molecule has 0 aliphatic carbocycles. The summed E-state index contributed by atoms with van der Waals surface area (Å²) in [6.07, 6.45) is 4.28. The van der Waals surface area contributed by atoms with Gasteiger partial charge in [-0.3, -0.25) is 4.98 Å². The third-order valence-corrected chi connectivity index (χ3v) is 6.10. The number of nitrogens with zero attached hydrogens (tertiary/aromatic N) is 5. The van der Waals surface area contributed by atoms with Crippen LogP contribution in [0, 0.1) is 17.1 Å². The number of amides is 1. The fourth-order valence-electron chi connectivity index (χ4n) is 3.01. The number of hydrogen-bond acceptors (Lipinski definition) is 7. The van der Waals surface area contributed by atoms with Crippen molar-refractivity contribution in [3.63, 3.8) is 0 Å². The molecular weight excluding hydrogens is 449 g/mol. The summed E-state index contributed by atoms with van der Waals surface area (Å²) in [6.45, 7) is 4.81. The van der Waals surface area contributed by atoms with Crippen molar-refractivity contribution in [1.29, 1.82) is 5.26 Å². The Morgan fingerprint density at radius 1 is 1.27 bits per heavy atom. The van der Waals surface area contributed by atoms with Crippen molar-refractivity contribution >= 4 is 16.1 Å². The molecule has 33 heavy (non-hydrogen) atoms. The molecule has 11 heteroatoms. The number of aromatic nitrogens is 3. The minimum atomic E-state index is -4.29. The van der Waals surface area contributed by atoms with Gasteiger partial charge in [0.05, 0.1) is 6.54 Å². The van der Waals surface area contributed by atoms with Crippen LogP contribution in [0.25, 0.3) is 11.3 Å². The van der Waals surface area contributed by atoms with Gasteiger partial charge in [0.25, 0.3) is 10.0 Å². The highest BCUT2D eigenvalue weighted by Gasteiger charge is 2.30. The van der Waals surface area contributed by atoms with Gasteiger partial charge in [-0.15, -0.1) is 0 Å². The van der Waals surface area contributed by atoms with E-state index in [0.29, 0.717) is 0 Å². The van der Waals surface area contributed by atoms with E-state index in [2.05, 4.69) is 9.97 Å².